The number of ether oxygens (including phenoxy) is 2. The van der Waals surface area contributed by atoms with Crippen molar-refractivity contribution in [1.82, 2.24) is 10.2 Å². The van der Waals surface area contributed by atoms with Crippen molar-refractivity contribution in [3.8, 4) is 11.5 Å². The molecule has 0 spiro atoms. The molecule has 2 atom stereocenters. The number of rotatable bonds is 5. The number of urea groups is 1. The van der Waals surface area contributed by atoms with Crippen LogP contribution in [0.25, 0.3) is 0 Å². The second-order valence-electron chi connectivity index (χ2n) is 6.44. The van der Waals surface area contributed by atoms with E-state index >= 15 is 0 Å². The first kappa shape index (κ1) is 17.4. The molecule has 1 aliphatic rings. The summed E-state index contributed by atoms with van der Waals surface area (Å²) in [5, 5.41) is 3.10. The Morgan fingerprint density at radius 2 is 2.00 bits per heavy atom. The van der Waals surface area contributed by atoms with Gasteiger partial charge in [0.25, 0.3) is 0 Å². The number of amides is 2. The van der Waals surface area contributed by atoms with E-state index in [0.29, 0.717) is 5.92 Å². The molecule has 0 aliphatic carbocycles. The van der Waals surface area contributed by atoms with Gasteiger partial charge in [-0.1, -0.05) is 13.8 Å². The average molecular weight is 320 g/mol. The van der Waals surface area contributed by atoms with Gasteiger partial charge in [-0.25, -0.2) is 4.79 Å². The highest BCUT2D eigenvalue weighted by molar-refractivity contribution is 5.75. The monoisotopic (exact) mass is 320 g/mol. The van der Waals surface area contributed by atoms with Gasteiger partial charge in [-0.2, -0.15) is 0 Å². The van der Waals surface area contributed by atoms with Crippen LogP contribution in [0, 0.1) is 5.92 Å². The van der Waals surface area contributed by atoms with Crippen molar-refractivity contribution >= 4 is 6.03 Å². The number of likely N-dealkylation sites (tertiary alicyclic amines) is 1. The summed E-state index contributed by atoms with van der Waals surface area (Å²) in [5.41, 5.74) is 1.04. The minimum atomic E-state index is 0.00608. The van der Waals surface area contributed by atoms with Gasteiger partial charge in [-0.3, -0.25) is 0 Å². The van der Waals surface area contributed by atoms with Crippen molar-refractivity contribution < 1.29 is 14.3 Å². The minimum absolute atomic E-state index is 0.00608. The quantitative estimate of drug-likeness (QED) is 0.902. The van der Waals surface area contributed by atoms with Crippen LogP contribution in [0.4, 0.5) is 4.79 Å². The Hall–Kier alpha value is -1.91. The molecule has 0 radical (unpaired) electrons. The first-order chi connectivity index (χ1) is 11.0. The Kier molecular flexibility index (Phi) is 5.74. The van der Waals surface area contributed by atoms with Gasteiger partial charge in [0.05, 0.1) is 20.3 Å². The molecule has 0 aromatic heterocycles. The zero-order valence-corrected chi connectivity index (χ0v) is 14.8. The largest absolute Gasteiger partial charge is 0.497 e. The van der Waals surface area contributed by atoms with E-state index in [-0.39, 0.29) is 18.1 Å². The smallest absolute Gasteiger partial charge is 0.318 e. The first-order valence-electron chi connectivity index (χ1n) is 8.27. The van der Waals surface area contributed by atoms with Crippen LogP contribution >= 0.6 is 0 Å². The third kappa shape index (κ3) is 3.89. The Bertz CT molecular complexity index is 545. The lowest BCUT2D eigenvalue weighted by Gasteiger charge is -2.29. The van der Waals surface area contributed by atoms with Gasteiger partial charge in [-0.15, -0.1) is 0 Å². The summed E-state index contributed by atoms with van der Waals surface area (Å²) in [7, 11) is 3.29. The number of methoxy groups -OCH3 is 2. The van der Waals surface area contributed by atoms with Gasteiger partial charge >= 0.3 is 6.03 Å². The topological polar surface area (TPSA) is 50.8 Å². The minimum Gasteiger partial charge on any atom is -0.497 e. The molecule has 1 aromatic rings. The van der Waals surface area contributed by atoms with Gasteiger partial charge < -0.3 is 19.7 Å². The van der Waals surface area contributed by atoms with Gasteiger partial charge in [0.2, 0.25) is 0 Å². The summed E-state index contributed by atoms with van der Waals surface area (Å²) in [6.07, 6.45) is 1.95. The predicted octanol–water partition coefficient (Wildman–Crippen LogP) is 3.59. The van der Waals surface area contributed by atoms with Crippen molar-refractivity contribution in [2.75, 3.05) is 20.8 Å². The number of hydrogen-bond acceptors (Lipinski definition) is 3. The van der Waals surface area contributed by atoms with Crippen LogP contribution in [0.15, 0.2) is 18.2 Å². The Labute approximate surface area is 139 Å². The Morgan fingerprint density at radius 1 is 1.26 bits per heavy atom. The van der Waals surface area contributed by atoms with E-state index < -0.39 is 0 Å². The molecule has 1 heterocycles. The molecular weight excluding hydrogens is 292 g/mol. The highest BCUT2D eigenvalue weighted by Gasteiger charge is 2.32. The van der Waals surface area contributed by atoms with E-state index in [0.717, 1.165) is 36.4 Å². The zero-order valence-electron chi connectivity index (χ0n) is 14.8. The highest BCUT2D eigenvalue weighted by atomic mass is 16.5. The molecule has 1 aliphatic heterocycles. The fourth-order valence-corrected chi connectivity index (χ4v) is 2.87. The molecule has 1 fully saturated rings. The van der Waals surface area contributed by atoms with E-state index in [1.54, 1.807) is 14.2 Å². The van der Waals surface area contributed by atoms with Crippen LogP contribution in [0.1, 0.15) is 45.2 Å². The molecule has 2 unspecified atom stereocenters. The van der Waals surface area contributed by atoms with E-state index in [1.807, 2.05) is 30.0 Å². The summed E-state index contributed by atoms with van der Waals surface area (Å²) in [6, 6.07) is 6.01. The molecule has 2 rings (SSSR count). The normalized spacial score (nSPS) is 18.9. The number of benzene rings is 1. The standard InChI is InChI=1S/C18H28N2O3/c1-12(2)13(3)19-18(21)20-10-6-7-16(20)15-9-8-14(22-4)11-17(15)23-5/h8-9,11-13,16H,6-7,10H2,1-5H3,(H,19,21). The molecule has 0 saturated carbocycles. The third-order valence-corrected chi connectivity index (χ3v) is 4.66. The highest BCUT2D eigenvalue weighted by Crippen LogP contribution is 2.38. The Morgan fingerprint density at radius 3 is 2.61 bits per heavy atom. The summed E-state index contributed by atoms with van der Waals surface area (Å²) in [4.78, 5) is 14.5. The lowest BCUT2D eigenvalue weighted by molar-refractivity contribution is 0.185. The molecular formula is C18H28N2O3. The average Bonchev–Trinajstić information content (AvgIpc) is 3.03. The first-order valence-corrected chi connectivity index (χ1v) is 8.27. The molecule has 5 heteroatoms. The number of hydrogen-bond donors (Lipinski definition) is 1. The summed E-state index contributed by atoms with van der Waals surface area (Å²) < 4.78 is 10.8. The Balaban J connectivity index is 2.20. The van der Waals surface area contributed by atoms with E-state index in [4.69, 9.17) is 9.47 Å². The van der Waals surface area contributed by atoms with Crippen molar-refractivity contribution in [2.45, 2.75) is 45.7 Å². The van der Waals surface area contributed by atoms with Crippen LogP contribution in [0.5, 0.6) is 11.5 Å². The molecule has 1 aromatic carbocycles. The van der Waals surface area contributed by atoms with Crippen molar-refractivity contribution in [3.05, 3.63) is 23.8 Å². The second-order valence-corrected chi connectivity index (χ2v) is 6.44. The lowest BCUT2D eigenvalue weighted by atomic mass is 10.0. The molecule has 23 heavy (non-hydrogen) atoms. The van der Waals surface area contributed by atoms with Gasteiger partial charge in [0.15, 0.2) is 0 Å². The maximum absolute atomic E-state index is 12.6. The van der Waals surface area contributed by atoms with Gasteiger partial charge in [-0.05, 0) is 37.8 Å². The maximum atomic E-state index is 12.6. The van der Waals surface area contributed by atoms with E-state index in [2.05, 4.69) is 19.2 Å². The number of nitrogens with one attached hydrogen (secondary N) is 1. The number of carbonyl (C=O) groups excluding carboxylic acids is 1. The summed E-state index contributed by atoms with van der Waals surface area (Å²) in [5.74, 6) is 1.94. The maximum Gasteiger partial charge on any atom is 0.318 e. The van der Waals surface area contributed by atoms with Crippen LogP contribution < -0.4 is 14.8 Å². The fourth-order valence-electron chi connectivity index (χ4n) is 2.87. The van der Waals surface area contributed by atoms with Crippen molar-refractivity contribution in [1.29, 1.82) is 0 Å². The molecule has 2 amide bonds. The van der Waals surface area contributed by atoms with Crippen LogP contribution in [0.3, 0.4) is 0 Å². The van der Waals surface area contributed by atoms with Crippen LogP contribution in [-0.4, -0.2) is 37.7 Å². The molecule has 1 saturated heterocycles. The molecule has 5 nitrogen and oxygen atoms in total. The van der Waals surface area contributed by atoms with Crippen LogP contribution in [-0.2, 0) is 0 Å². The molecule has 128 valence electrons. The van der Waals surface area contributed by atoms with Gasteiger partial charge in [0.1, 0.15) is 11.5 Å². The van der Waals surface area contributed by atoms with Gasteiger partial charge in [0, 0.05) is 24.2 Å². The summed E-state index contributed by atoms with van der Waals surface area (Å²) in [6.45, 7) is 7.04. The molecule has 0 bridgehead atoms. The third-order valence-electron chi connectivity index (χ3n) is 4.66. The van der Waals surface area contributed by atoms with Crippen molar-refractivity contribution in [3.63, 3.8) is 0 Å². The lowest BCUT2D eigenvalue weighted by Crippen LogP contribution is -2.45. The van der Waals surface area contributed by atoms with E-state index in [9.17, 15) is 4.79 Å². The van der Waals surface area contributed by atoms with E-state index in [1.165, 1.54) is 0 Å². The van der Waals surface area contributed by atoms with Crippen molar-refractivity contribution in [2.24, 2.45) is 5.92 Å². The number of nitrogens with zero attached hydrogens (tertiary/aromatic N) is 1. The predicted molar refractivity (Wildman–Crippen MR) is 91.1 cm³/mol. The zero-order chi connectivity index (χ0) is 17.0. The van der Waals surface area contributed by atoms with Crippen LogP contribution in [0.2, 0.25) is 0 Å². The SMILES string of the molecule is COc1ccc(C2CCCN2C(=O)NC(C)C(C)C)c(OC)c1. The number of carbonyl (C=O) groups is 1. The molecule has 1 N–H and O–H groups in total. The fraction of sp³-hybridized carbons (Fsp3) is 0.611. The second kappa shape index (κ2) is 7.57. The summed E-state index contributed by atoms with van der Waals surface area (Å²) >= 11 is 0.